The van der Waals surface area contributed by atoms with Gasteiger partial charge in [0.15, 0.2) is 0 Å². The zero-order chi connectivity index (χ0) is 20.2. The van der Waals surface area contributed by atoms with Gasteiger partial charge in [0.05, 0.1) is 10.3 Å². The second kappa shape index (κ2) is 5.95. The summed E-state index contributed by atoms with van der Waals surface area (Å²) < 4.78 is 6.70. The number of fused-ring (bicyclic) bond motifs is 2. The van der Waals surface area contributed by atoms with E-state index in [9.17, 15) is 10.1 Å². The Bertz CT molecular complexity index is 1150. The molecule has 0 aromatic heterocycles. The zero-order valence-electron chi connectivity index (χ0n) is 16.2. The molecule has 0 fully saturated rings. The summed E-state index contributed by atoms with van der Waals surface area (Å²) in [5, 5.41) is 11.2. The number of rotatable bonds is 2. The molecule has 1 spiro atoms. The molecule has 29 heavy (non-hydrogen) atoms. The molecule has 0 saturated carbocycles. The minimum atomic E-state index is -0.791. The van der Waals surface area contributed by atoms with Gasteiger partial charge < -0.3 is 4.74 Å². The number of para-hydroxylation sites is 2. The van der Waals surface area contributed by atoms with E-state index < -0.39 is 5.72 Å². The molecule has 0 aliphatic carbocycles. The van der Waals surface area contributed by atoms with Crippen molar-refractivity contribution >= 4 is 23.1 Å². The second-order valence-electron chi connectivity index (χ2n) is 7.92. The molecule has 3 aromatic carbocycles. The van der Waals surface area contributed by atoms with Crippen molar-refractivity contribution in [3.8, 4) is 5.75 Å². The number of nitro benzene ring substituents is 1. The van der Waals surface area contributed by atoms with Gasteiger partial charge in [0, 0.05) is 29.1 Å². The van der Waals surface area contributed by atoms with E-state index in [0.29, 0.717) is 11.3 Å². The van der Waals surface area contributed by atoms with Crippen LogP contribution >= 0.6 is 0 Å². The first-order valence-corrected chi connectivity index (χ1v) is 9.55. The van der Waals surface area contributed by atoms with Gasteiger partial charge in [0.25, 0.3) is 5.69 Å². The van der Waals surface area contributed by atoms with Crippen LogP contribution in [0.4, 0.5) is 17.1 Å². The van der Waals surface area contributed by atoms with Crippen LogP contribution in [0.1, 0.15) is 25.0 Å². The normalized spacial score (nSPS) is 20.8. The maximum absolute atomic E-state index is 11.2. The second-order valence-corrected chi connectivity index (χ2v) is 7.92. The van der Waals surface area contributed by atoms with Gasteiger partial charge in [-0.1, -0.05) is 36.4 Å². The molecule has 0 radical (unpaired) electrons. The number of benzene rings is 3. The fourth-order valence-electron chi connectivity index (χ4n) is 4.49. The molecule has 0 bridgehead atoms. The van der Waals surface area contributed by atoms with E-state index in [4.69, 9.17) is 4.74 Å². The molecule has 0 saturated heterocycles. The summed E-state index contributed by atoms with van der Waals surface area (Å²) in [5.41, 5.74) is 2.93. The minimum absolute atomic E-state index is 0.0573. The van der Waals surface area contributed by atoms with E-state index in [-0.39, 0.29) is 16.0 Å². The summed E-state index contributed by atoms with van der Waals surface area (Å²) in [6.07, 6.45) is 3.97. The van der Waals surface area contributed by atoms with E-state index in [0.717, 1.165) is 11.4 Å². The van der Waals surface area contributed by atoms with Gasteiger partial charge in [-0.2, -0.15) is 0 Å². The van der Waals surface area contributed by atoms with Crippen molar-refractivity contribution in [2.24, 2.45) is 0 Å². The first-order valence-electron chi connectivity index (χ1n) is 9.55. The largest absolute Gasteiger partial charge is 0.462 e. The fraction of sp³-hybridized carbons (Fsp3) is 0.167. The van der Waals surface area contributed by atoms with Crippen LogP contribution in [0.25, 0.3) is 6.08 Å². The Hall–Kier alpha value is -3.60. The Morgan fingerprint density at radius 2 is 1.69 bits per heavy atom. The molecule has 1 atom stereocenters. The van der Waals surface area contributed by atoms with Crippen molar-refractivity contribution in [2.45, 2.75) is 25.0 Å². The minimum Gasteiger partial charge on any atom is -0.462 e. The lowest BCUT2D eigenvalue weighted by Gasteiger charge is -2.47. The number of hydrogen-bond donors (Lipinski definition) is 0. The van der Waals surface area contributed by atoms with Crippen LogP contribution in [0.5, 0.6) is 5.75 Å². The Balaban J connectivity index is 1.72. The highest BCUT2D eigenvalue weighted by molar-refractivity contribution is 5.79. The zero-order valence-corrected chi connectivity index (χ0v) is 16.2. The number of anilines is 2. The molecule has 5 nitrogen and oxygen atoms in total. The van der Waals surface area contributed by atoms with Crippen LogP contribution in [0.3, 0.4) is 0 Å². The smallest absolute Gasteiger partial charge is 0.270 e. The van der Waals surface area contributed by atoms with Gasteiger partial charge in [-0.25, -0.2) is 0 Å². The van der Waals surface area contributed by atoms with Gasteiger partial charge in [0.2, 0.25) is 5.72 Å². The molecule has 0 N–H and O–H groups in total. The van der Waals surface area contributed by atoms with E-state index in [1.165, 1.54) is 11.6 Å². The SMILES string of the molecule is CC1(C)c2ccccc2N(c2ccccc2)[C@@]12C=Cc1cc([N+](=O)[O-])ccc1O2. The predicted octanol–water partition coefficient (Wildman–Crippen LogP) is 5.83. The van der Waals surface area contributed by atoms with E-state index >= 15 is 0 Å². The van der Waals surface area contributed by atoms with Crippen LogP contribution in [0.15, 0.2) is 78.9 Å². The lowest BCUT2D eigenvalue weighted by Crippen LogP contribution is -2.57. The van der Waals surface area contributed by atoms with Crippen molar-refractivity contribution < 1.29 is 9.66 Å². The fourth-order valence-corrected chi connectivity index (χ4v) is 4.49. The average Bonchev–Trinajstić information content (AvgIpc) is 2.92. The highest BCUT2D eigenvalue weighted by atomic mass is 16.6. The number of hydrogen-bond acceptors (Lipinski definition) is 4. The molecule has 0 unspecified atom stereocenters. The Morgan fingerprint density at radius 1 is 0.966 bits per heavy atom. The van der Waals surface area contributed by atoms with Crippen molar-refractivity contribution in [3.05, 3.63) is 100 Å². The van der Waals surface area contributed by atoms with E-state index in [1.807, 2.05) is 42.5 Å². The Kier molecular flexibility index (Phi) is 3.59. The van der Waals surface area contributed by atoms with Crippen LogP contribution in [-0.2, 0) is 5.41 Å². The number of non-ortho nitro benzene ring substituents is 1. The standard InChI is InChI=1S/C24H20N2O3/c1-23(2)20-10-6-7-11-21(20)25(18-8-4-3-5-9-18)24(23)15-14-17-16-19(26(27)28)12-13-22(17)29-24/h3-16H,1-2H3/t24-/m1/s1. The molecule has 5 heteroatoms. The first kappa shape index (κ1) is 17.5. The molecule has 144 valence electrons. The molecule has 2 aliphatic heterocycles. The summed E-state index contributed by atoms with van der Waals surface area (Å²) in [4.78, 5) is 13.0. The number of ether oxygens (including phenoxy) is 1. The van der Waals surface area contributed by atoms with Gasteiger partial charge in [0.1, 0.15) is 5.75 Å². The van der Waals surface area contributed by atoms with Gasteiger partial charge >= 0.3 is 0 Å². The van der Waals surface area contributed by atoms with Gasteiger partial charge in [-0.15, -0.1) is 0 Å². The van der Waals surface area contributed by atoms with Crippen LogP contribution in [-0.4, -0.2) is 10.6 Å². The molecule has 5 rings (SSSR count). The van der Waals surface area contributed by atoms with Crippen molar-refractivity contribution in [2.75, 3.05) is 4.90 Å². The third-order valence-corrected chi connectivity index (χ3v) is 6.02. The lowest BCUT2D eigenvalue weighted by molar-refractivity contribution is -0.384. The van der Waals surface area contributed by atoms with E-state index in [2.05, 4.69) is 43.0 Å². The molecule has 2 aliphatic rings. The summed E-state index contributed by atoms with van der Waals surface area (Å²) >= 11 is 0. The van der Waals surface area contributed by atoms with Gasteiger partial charge in [-0.05, 0) is 55.8 Å². The van der Waals surface area contributed by atoms with Crippen LogP contribution < -0.4 is 9.64 Å². The van der Waals surface area contributed by atoms with E-state index in [1.54, 1.807) is 12.1 Å². The average molecular weight is 384 g/mol. The lowest BCUT2D eigenvalue weighted by atomic mass is 9.76. The summed E-state index contributed by atoms with van der Waals surface area (Å²) in [7, 11) is 0. The maximum atomic E-state index is 11.2. The number of nitro groups is 1. The first-order chi connectivity index (χ1) is 13.9. The monoisotopic (exact) mass is 384 g/mol. The third kappa shape index (κ3) is 2.34. The summed E-state index contributed by atoms with van der Waals surface area (Å²) in [6.45, 7) is 4.35. The van der Waals surface area contributed by atoms with Crippen molar-refractivity contribution in [1.82, 2.24) is 0 Å². The number of nitrogens with zero attached hydrogens (tertiary/aromatic N) is 2. The van der Waals surface area contributed by atoms with Crippen LogP contribution in [0, 0.1) is 10.1 Å². The summed E-state index contributed by atoms with van der Waals surface area (Å²) in [6, 6.07) is 23.3. The molecular weight excluding hydrogens is 364 g/mol. The Labute approximate surface area is 169 Å². The maximum Gasteiger partial charge on any atom is 0.270 e. The van der Waals surface area contributed by atoms with Crippen molar-refractivity contribution in [3.63, 3.8) is 0 Å². The molecule has 0 amide bonds. The molecule has 2 heterocycles. The summed E-state index contributed by atoms with van der Waals surface area (Å²) in [5.74, 6) is 0.639. The topological polar surface area (TPSA) is 55.6 Å². The highest BCUT2D eigenvalue weighted by Crippen LogP contribution is 2.57. The predicted molar refractivity (Wildman–Crippen MR) is 114 cm³/mol. The van der Waals surface area contributed by atoms with Crippen LogP contribution in [0.2, 0.25) is 0 Å². The highest BCUT2D eigenvalue weighted by Gasteiger charge is 2.59. The Morgan fingerprint density at radius 3 is 2.45 bits per heavy atom. The van der Waals surface area contributed by atoms with Gasteiger partial charge in [-0.3, -0.25) is 15.0 Å². The third-order valence-electron chi connectivity index (χ3n) is 6.02. The quantitative estimate of drug-likeness (QED) is 0.412. The molecule has 3 aromatic rings. The molecular formula is C24H20N2O3. The van der Waals surface area contributed by atoms with Crippen molar-refractivity contribution in [1.29, 1.82) is 0 Å².